The monoisotopic (exact) mass is 467 g/mol. The number of rotatable bonds is 6. The van der Waals surface area contributed by atoms with Gasteiger partial charge in [0.15, 0.2) is 0 Å². The Morgan fingerprint density at radius 3 is 2.60 bits per heavy atom. The predicted octanol–water partition coefficient (Wildman–Crippen LogP) is 4.63. The second kappa shape index (κ2) is 10.1. The SMILES string of the molecule is CC(C)Nc1cncc(-c2cc3cc(NC(=O)c4cccc(C5CCNCC5)c4)ncc3cn2)n1. The number of carbonyl (C=O) groups excluding carboxylic acids is 1. The van der Waals surface area contributed by atoms with E-state index in [-0.39, 0.29) is 11.9 Å². The topological polar surface area (TPSA) is 105 Å². The fourth-order valence-electron chi connectivity index (χ4n) is 4.38. The molecule has 0 aliphatic carbocycles. The summed E-state index contributed by atoms with van der Waals surface area (Å²) in [4.78, 5) is 30.9. The van der Waals surface area contributed by atoms with Crippen molar-refractivity contribution < 1.29 is 4.79 Å². The summed E-state index contributed by atoms with van der Waals surface area (Å²) in [5, 5.41) is 11.4. The van der Waals surface area contributed by atoms with Gasteiger partial charge in [-0.15, -0.1) is 0 Å². The third kappa shape index (κ3) is 5.44. The first kappa shape index (κ1) is 22.9. The van der Waals surface area contributed by atoms with Crippen LogP contribution in [0.1, 0.15) is 48.5 Å². The number of amides is 1. The largest absolute Gasteiger partial charge is 0.367 e. The van der Waals surface area contributed by atoms with Gasteiger partial charge in [0.25, 0.3) is 5.91 Å². The average Bonchev–Trinajstić information content (AvgIpc) is 2.88. The fraction of sp³-hybridized carbons (Fsp3) is 0.296. The van der Waals surface area contributed by atoms with Crippen molar-refractivity contribution in [1.29, 1.82) is 0 Å². The van der Waals surface area contributed by atoms with Gasteiger partial charge >= 0.3 is 0 Å². The zero-order chi connectivity index (χ0) is 24.2. The van der Waals surface area contributed by atoms with Crippen LogP contribution in [0.25, 0.3) is 22.2 Å². The molecular weight excluding hydrogens is 438 g/mol. The lowest BCUT2D eigenvalue weighted by molar-refractivity contribution is 0.102. The van der Waals surface area contributed by atoms with Gasteiger partial charge in [-0.3, -0.25) is 14.8 Å². The molecule has 0 bridgehead atoms. The first-order chi connectivity index (χ1) is 17.0. The van der Waals surface area contributed by atoms with Crippen molar-refractivity contribution >= 4 is 28.3 Å². The molecule has 3 N–H and O–H groups in total. The van der Waals surface area contributed by atoms with Crippen molar-refractivity contribution in [1.82, 2.24) is 25.3 Å². The Morgan fingerprint density at radius 2 is 1.77 bits per heavy atom. The average molecular weight is 468 g/mol. The quantitative estimate of drug-likeness (QED) is 0.380. The molecule has 1 aliphatic rings. The van der Waals surface area contributed by atoms with Crippen LogP contribution in [0, 0.1) is 0 Å². The van der Waals surface area contributed by atoms with Gasteiger partial charge < -0.3 is 16.0 Å². The molecule has 178 valence electrons. The Hall–Kier alpha value is -3.91. The molecule has 1 amide bonds. The van der Waals surface area contributed by atoms with E-state index in [1.807, 2.05) is 30.3 Å². The zero-order valence-electron chi connectivity index (χ0n) is 20.0. The van der Waals surface area contributed by atoms with Crippen molar-refractivity contribution in [2.45, 2.75) is 38.6 Å². The van der Waals surface area contributed by atoms with Crippen LogP contribution in [0.2, 0.25) is 0 Å². The molecule has 8 nitrogen and oxygen atoms in total. The van der Waals surface area contributed by atoms with Gasteiger partial charge in [0.05, 0.1) is 18.1 Å². The van der Waals surface area contributed by atoms with Gasteiger partial charge in [0.1, 0.15) is 17.3 Å². The Bertz CT molecular complexity index is 1350. The fourth-order valence-corrected chi connectivity index (χ4v) is 4.38. The third-order valence-corrected chi connectivity index (χ3v) is 6.14. The van der Waals surface area contributed by atoms with Gasteiger partial charge in [-0.25, -0.2) is 9.97 Å². The number of hydrogen-bond acceptors (Lipinski definition) is 7. The first-order valence-electron chi connectivity index (χ1n) is 12.0. The molecule has 0 saturated carbocycles. The van der Waals surface area contributed by atoms with Crippen LogP contribution in [0.15, 0.2) is 61.2 Å². The maximum absolute atomic E-state index is 13.0. The minimum absolute atomic E-state index is 0.166. The summed E-state index contributed by atoms with van der Waals surface area (Å²) < 4.78 is 0. The number of pyridine rings is 2. The van der Waals surface area contributed by atoms with E-state index >= 15 is 0 Å². The summed E-state index contributed by atoms with van der Waals surface area (Å²) in [5.41, 5.74) is 3.24. The standard InChI is InChI=1S/C27H29N7O/c1-17(2)32-26-16-29-15-24(33-26)23-11-21-12-25(31-14-22(21)13-30-23)34-27(35)20-5-3-4-19(10-20)18-6-8-28-9-7-18/h3-5,10-18,28H,6-9H2,1-2H3,(H,32,33)(H,31,34,35). The minimum Gasteiger partial charge on any atom is -0.367 e. The molecule has 3 aromatic heterocycles. The highest BCUT2D eigenvalue weighted by atomic mass is 16.1. The lowest BCUT2D eigenvalue weighted by atomic mass is 9.89. The second-order valence-electron chi connectivity index (χ2n) is 9.18. The van der Waals surface area contributed by atoms with Crippen molar-refractivity contribution in [3.8, 4) is 11.4 Å². The Balaban J connectivity index is 1.36. The number of hydrogen-bond donors (Lipinski definition) is 3. The Labute approximate surface area is 204 Å². The maximum Gasteiger partial charge on any atom is 0.256 e. The molecule has 5 rings (SSSR count). The molecular formula is C27H29N7O. The van der Waals surface area contributed by atoms with Crippen LogP contribution in [0.5, 0.6) is 0 Å². The number of piperidine rings is 1. The summed E-state index contributed by atoms with van der Waals surface area (Å²) in [6.45, 7) is 6.14. The van der Waals surface area contributed by atoms with Crippen LogP contribution in [-0.4, -0.2) is 45.0 Å². The lowest BCUT2D eigenvalue weighted by Crippen LogP contribution is -2.26. The van der Waals surface area contributed by atoms with Crippen molar-refractivity contribution in [3.05, 3.63) is 72.3 Å². The van der Waals surface area contributed by atoms with E-state index in [2.05, 4.69) is 55.8 Å². The van der Waals surface area contributed by atoms with E-state index < -0.39 is 0 Å². The highest BCUT2D eigenvalue weighted by molar-refractivity contribution is 6.04. The molecule has 1 saturated heterocycles. The van der Waals surface area contributed by atoms with E-state index in [4.69, 9.17) is 0 Å². The van der Waals surface area contributed by atoms with Crippen LogP contribution in [0.3, 0.4) is 0 Å². The Kier molecular flexibility index (Phi) is 6.63. The number of carbonyl (C=O) groups is 1. The molecule has 4 heterocycles. The summed E-state index contributed by atoms with van der Waals surface area (Å²) in [6.07, 6.45) is 9.05. The second-order valence-corrected chi connectivity index (χ2v) is 9.18. The highest BCUT2D eigenvalue weighted by Crippen LogP contribution is 2.26. The molecule has 0 unspecified atom stereocenters. The molecule has 0 radical (unpaired) electrons. The predicted molar refractivity (Wildman–Crippen MR) is 139 cm³/mol. The van der Waals surface area contributed by atoms with E-state index in [0.29, 0.717) is 34.5 Å². The smallest absolute Gasteiger partial charge is 0.256 e. The first-order valence-corrected chi connectivity index (χ1v) is 12.0. The number of fused-ring (bicyclic) bond motifs is 1. The lowest BCUT2D eigenvalue weighted by Gasteiger charge is -2.23. The van der Waals surface area contributed by atoms with Crippen LogP contribution in [0.4, 0.5) is 11.6 Å². The van der Waals surface area contributed by atoms with Crippen LogP contribution in [-0.2, 0) is 0 Å². The summed E-state index contributed by atoms with van der Waals surface area (Å²) in [6, 6.07) is 12.0. The number of nitrogens with one attached hydrogen (secondary N) is 3. The van der Waals surface area contributed by atoms with E-state index in [9.17, 15) is 4.79 Å². The van der Waals surface area contributed by atoms with Gasteiger partial charge in [-0.2, -0.15) is 0 Å². The van der Waals surface area contributed by atoms with Crippen LogP contribution < -0.4 is 16.0 Å². The van der Waals surface area contributed by atoms with Gasteiger partial charge in [-0.05, 0) is 80.9 Å². The summed E-state index contributed by atoms with van der Waals surface area (Å²) >= 11 is 0. The number of benzene rings is 1. The number of aromatic nitrogens is 4. The summed E-state index contributed by atoms with van der Waals surface area (Å²) in [7, 11) is 0. The van der Waals surface area contributed by atoms with E-state index in [0.717, 1.165) is 36.7 Å². The molecule has 35 heavy (non-hydrogen) atoms. The van der Waals surface area contributed by atoms with E-state index in [1.54, 1.807) is 24.8 Å². The van der Waals surface area contributed by atoms with Crippen LogP contribution >= 0.6 is 0 Å². The molecule has 0 spiro atoms. The van der Waals surface area contributed by atoms with Gasteiger partial charge in [0, 0.05) is 29.4 Å². The van der Waals surface area contributed by atoms with Crippen molar-refractivity contribution in [3.63, 3.8) is 0 Å². The van der Waals surface area contributed by atoms with Gasteiger partial charge in [-0.1, -0.05) is 12.1 Å². The molecule has 8 heteroatoms. The minimum atomic E-state index is -0.166. The maximum atomic E-state index is 13.0. The van der Waals surface area contributed by atoms with E-state index in [1.165, 1.54) is 5.56 Å². The molecule has 1 aliphatic heterocycles. The van der Waals surface area contributed by atoms with Crippen molar-refractivity contribution in [2.24, 2.45) is 0 Å². The molecule has 4 aromatic rings. The molecule has 1 fully saturated rings. The number of anilines is 2. The Morgan fingerprint density at radius 1 is 0.943 bits per heavy atom. The number of nitrogens with zero attached hydrogens (tertiary/aromatic N) is 4. The molecule has 1 aromatic carbocycles. The van der Waals surface area contributed by atoms with Crippen molar-refractivity contribution in [2.75, 3.05) is 23.7 Å². The zero-order valence-corrected chi connectivity index (χ0v) is 20.0. The molecule has 0 atom stereocenters. The van der Waals surface area contributed by atoms with Gasteiger partial charge in [0.2, 0.25) is 0 Å². The summed E-state index contributed by atoms with van der Waals surface area (Å²) in [5.74, 6) is 1.52. The third-order valence-electron chi connectivity index (χ3n) is 6.14. The highest BCUT2D eigenvalue weighted by Gasteiger charge is 2.17. The normalized spacial score (nSPS) is 14.3.